The van der Waals surface area contributed by atoms with Crippen LogP contribution in [-0.4, -0.2) is 54.3 Å². The molecule has 1 amide bonds. The van der Waals surface area contributed by atoms with Crippen LogP contribution < -0.4 is 21.7 Å². The number of hydrogen-bond acceptors (Lipinski definition) is 8. The first-order valence-corrected chi connectivity index (χ1v) is 12.8. The SMILES string of the molecule is Cc1ccc2c(N)c(C(=O)N[C@H]3CCc4nc(N5C[C@H]6COC[C@@H](C5)[C@H]6N)ccc4C3)sc2n1. The minimum absolute atomic E-state index is 0.0662. The molecule has 4 atom stereocenters. The van der Waals surface area contributed by atoms with E-state index in [-0.39, 0.29) is 18.0 Å². The van der Waals surface area contributed by atoms with E-state index in [4.69, 9.17) is 21.2 Å². The van der Waals surface area contributed by atoms with Crippen LogP contribution in [0.4, 0.5) is 11.5 Å². The van der Waals surface area contributed by atoms with E-state index in [1.807, 2.05) is 19.1 Å². The molecule has 0 unspecified atom stereocenters. The fourth-order valence-corrected chi connectivity index (χ4v) is 6.60. The molecule has 0 radical (unpaired) electrons. The lowest BCUT2D eigenvalue weighted by atomic mass is 9.83. The van der Waals surface area contributed by atoms with Crippen molar-refractivity contribution in [1.29, 1.82) is 0 Å². The van der Waals surface area contributed by atoms with Crippen molar-refractivity contribution >= 4 is 39.0 Å². The summed E-state index contributed by atoms with van der Waals surface area (Å²) in [6.45, 7) is 5.20. The Kier molecular flexibility index (Phi) is 5.43. The van der Waals surface area contributed by atoms with Crippen LogP contribution >= 0.6 is 11.3 Å². The molecule has 1 aliphatic carbocycles. The molecule has 3 aromatic rings. The molecule has 3 aliphatic rings. The van der Waals surface area contributed by atoms with Gasteiger partial charge in [0.05, 0.1) is 18.9 Å². The van der Waals surface area contributed by atoms with Crippen LogP contribution in [0, 0.1) is 18.8 Å². The highest BCUT2D eigenvalue weighted by Crippen LogP contribution is 2.33. The maximum Gasteiger partial charge on any atom is 0.263 e. The number of hydrogen-bond donors (Lipinski definition) is 3. The van der Waals surface area contributed by atoms with Gasteiger partial charge in [-0.25, -0.2) is 9.97 Å². The second-order valence-corrected chi connectivity index (χ2v) is 10.9. The van der Waals surface area contributed by atoms with E-state index in [1.54, 1.807) is 0 Å². The molecular weight excluding hydrogens is 448 g/mol. The number of anilines is 2. The average Bonchev–Trinajstić information content (AvgIpc) is 3.14. The van der Waals surface area contributed by atoms with Crippen LogP contribution in [0.25, 0.3) is 10.2 Å². The van der Waals surface area contributed by atoms with Crippen LogP contribution in [-0.2, 0) is 17.6 Å². The number of carbonyl (C=O) groups is 1. The molecule has 0 spiro atoms. The minimum Gasteiger partial charge on any atom is -0.397 e. The molecule has 8 nitrogen and oxygen atoms in total. The Balaban J connectivity index is 1.15. The summed E-state index contributed by atoms with van der Waals surface area (Å²) in [7, 11) is 0. The van der Waals surface area contributed by atoms with Gasteiger partial charge in [0.15, 0.2) is 0 Å². The van der Waals surface area contributed by atoms with Gasteiger partial charge >= 0.3 is 0 Å². The van der Waals surface area contributed by atoms with Gasteiger partial charge in [0, 0.05) is 53.8 Å². The molecule has 5 heterocycles. The van der Waals surface area contributed by atoms with Crippen molar-refractivity contribution < 1.29 is 9.53 Å². The van der Waals surface area contributed by atoms with Crippen molar-refractivity contribution in [3.8, 4) is 0 Å². The number of rotatable bonds is 3. The summed E-state index contributed by atoms with van der Waals surface area (Å²) in [6.07, 6.45) is 2.49. The van der Waals surface area contributed by atoms with Crippen molar-refractivity contribution in [3.63, 3.8) is 0 Å². The second kappa shape index (κ2) is 8.48. The van der Waals surface area contributed by atoms with E-state index >= 15 is 0 Å². The smallest absolute Gasteiger partial charge is 0.263 e. The van der Waals surface area contributed by atoms with Gasteiger partial charge in [0.1, 0.15) is 15.5 Å². The van der Waals surface area contributed by atoms with Crippen molar-refractivity contribution in [3.05, 3.63) is 46.1 Å². The number of nitrogens with one attached hydrogen (secondary N) is 1. The molecule has 2 saturated heterocycles. The number of piperidine rings is 1. The van der Waals surface area contributed by atoms with Gasteiger partial charge in [0.2, 0.25) is 0 Å². The lowest BCUT2D eigenvalue weighted by Gasteiger charge is -2.46. The topological polar surface area (TPSA) is 119 Å². The molecule has 3 aromatic heterocycles. The van der Waals surface area contributed by atoms with Gasteiger partial charge in [-0.1, -0.05) is 6.07 Å². The number of thiophene rings is 1. The highest BCUT2D eigenvalue weighted by molar-refractivity contribution is 7.21. The Bertz CT molecular complexity index is 1250. The number of amides is 1. The van der Waals surface area contributed by atoms with E-state index in [1.165, 1.54) is 16.9 Å². The van der Waals surface area contributed by atoms with E-state index in [9.17, 15) is 4.79 Å². The highest BCUT2D eigenvalue weighted by Gasteiger charge is 2.38. The van der Waals surface area contributed by atoms with Crippen molar-refractivity contribution in [2.45, 2.75) is 38.3 Å². The van der Waals surface area contributed by atoms with Crippen LogP contribution in [0.2, 0.25) is 0 Å². The Morgan fingerprint density at radius 3 is 2.76 bits per heavy atom. The molecule has 0 saturated carbocycles. The zero-order valence-corrected chi connectivity index (χ0v) is 20.1. The molecule has 2 fully saturated rings. The number of aryl methyl sites for hydroxylation is 2. The lowest BCUT2D eigenvalue weighted by Crippen LogP contribution is -2.59. The molecule has 2 aliphatic heterocycles. The number of carbonyl (C=O) groups excluding carboxylic acids is 1. The van der Waals surface area contributed by atoms with Crippen LogP contribution in [0.5, 0.6) is 0 Å². The predicted molar refractivity (Wildman–Crippen MR) is 134 cm³/mol. The zero-order valence-electron chi connectivity index (χ0n) is 19.3. The zero-order chi connectivity index (χ0) is 23.4. The van der Waals surface area contributed by atoms with Gasteiger partial charge in [-0.2, -0.15) is 0 Å². The standard InChI is InChI=1S/C25H30N6O2S/c1-13-2-5-18-22(27)23(34-25(18)28-13)24(32)29-17-4-6-19-14(8-17)3-7-20(30-19)31-9-15-11-33-12-16(10-31)21(15)26/h2-3,5,7,15-17,21H,4,6,8-12,26-27H2,1H3,(H,29,32)/t15-,16+,17-,21-/m0/s1. The first-order valence-electron chi connectivity index (χ1n) is 12.0. The molecule has 2 bridgehead atoms. The summed E-state index contributed by atoms with van der Waals surface area (Å²) >= 11 is 1.36. The molecule has 34 heavy (non-hydrogen) atoms. The van der Waals surface area contributed by atoms with Gasteiger partial charge in [0.25, 0.3) is 5.91 Å². The van der Waals surface area contributed by atoms with Crippen LogP contribution in [0.3, 0.4) is 0 Å². The maximum atomic E-state index is 13.0. The quantitative estimate of drug-likeness (QED) is 0.528. The predicted octanol–water partition coefficient (Wildman–Crippen LogP) is 2.28. The third kappa shape index (κ3) is 3.81. The molecule has 6 rings (SSSR count). The number of nitrogens with two attached hydrogens (primary N) is 2. The molecule has 5 N–H and O–H groups in total. The summed E-state index contributed by atoms with van der Waals surface area (Å²) in [6, 6.07) is 8.45. The maximum absolute atomic E-state index is 13.0. The van der Waals surface area contributed by atoms with Crippen molar-refractivity contribution in [2.75, 3.05) is 36.9 Å². The Hall–Kier alpha value is -2.75. The van der Waals surface area contributed by atoms with Crippen LogP contribution in [0.15, 0.2) is 24.3 Å². The minimum atomic E-state index is -0.116. The van der Waals surface area contributed by atoms with Gasteiger partial charge in [-0.15, -0.1) is 11.3 Å². The first kappa shape index (κ1) is 21.8. The molecule has 0 aromatic carbocycles. The number of nitrogens with zero attached hydrogens (tertiary/aromatic N) is 3. The lowest BCUT2D eigenvalue weighted by molar-refractivity contribution is -0.00888. The third-order valence-electron chi connectivity index (χ3n) is 7.51. The molecule has 9 heteroatoms. The Morgan fingerprint density at radius 2 is 1.97 bits per heavy atom. The number of fused-ring (bicyclic) bond motifs is 4. The number of pyridine rings is 2. The normalized spacial score (nSPS) is 26.4. The third-order valence-corrected chi connectivity index (χ3v) is 8.62. The van der Waals surface area contributed by atoms with Crippen molar-refractivity contribution in [1.82, 2.24) is 15.3 Å². The largest absolute Gasteiger partial charge is 0.397 e. The second-order valence-electron chi connectivity index (χ2n) is 9.88. The highest BCUT2D eigenvalue weighted by atomic mass is 32.1. The summed E-state index contributed by atoms with van der Waals surface area (Å²) in [5, 5.41) is 4.05. The van der Waals surface area contributed by atoms with Gasteiger partial charge in [-0.05, 0) is 49.9 Å². The fourth-order valence-electron chi connectivity index (χ4n) is 5.56. The Morgan fingerprint density at radius 1 is 1.18 bits per heavy atom. The van der Waals surface area contributed by atoms with E-state index in [0.717, 1.165) is 73.0 Å². The van der Waals surface area contributed by atoms with Gasteiger partial charge in [-0.3, -0.25) is 4.79 Å². The van der Waals surface area contributed by atoms with Crippen molar-refractivity contribution in [2.24, 2.45) is 17.6 Å². The van der Waals surface area contributed by atoms with E-state index in [0.29, 0.717) is 22.4 Å². The summed E-state index contributed by atoms with van der Waals surface area (Å²) in [5.41, 5.74) is 16.5. The van der Waals surface area contributed by atoms with Crippen LogP contribution in [0.1, 0.15) is 33.0 Å². The number of ether oxygens (including phenoxy) is 1. The Labute approximate surface area is 202 Å². The first-order chi connectivity index (χ1) is 16.5. The molecule has 178 valence electrons. The fraction of sp³-hybridized carbons (Fsp3) is 0.480. The average molecular weight is 479 g/mol. The monoisotopic (exact) mass is 478 g/mol. The number of nitrogen functional groups attached to an aromatic ring is 1. The van der Waals surface area contributed by atoms with E-state index in [2.05, 4.69) is 27.3 Å². The van der Waals surface area contributed by atoms with E-state index < -0.39 is 0 Å². The number of aromatic nitrogens is 2. The summed E-state index contributed by atoms with van der Waals surface area (Å²) in [4.78, 5) is 26.3. The molecular formula is C25H30N6O2S. The van der Waals surface area contributed by atoms with Gasteiger partial charge < -0.3 is 26.4 Å². The summed E-state index contributed by atoms with van der Waals surface area (Å²) in [5.74, 6) is 1.65. The summed E-state index contributed by atoms with van der Waals surface area (Å²) < 4.78 is 5.71.